The number of carbonyl (C=O) groups is 7. The lowest BCUT2D eigenvalue weighted by Gasteiger charge is -2.35. The summed E-state index contributed by atoms with van der Waals surface area (Å²) in [6.45, 7) is 3.03. The Balaban J connectivity index is 2.78. The van der Waals surface area contributed by atoms with E-state index in [1.54, 1.807) is 19.6 Å². The topological polar surface area (TPSA) is 267 Å². The summed E-state index contributed by atoms with van der Waals surface area (Å²) in [5, 5.41) is 52.8. The number of aliphatic carboxylic acids is 5. The average molecular weight is 719 g/mol. The first-order chi connectivity index (χ1) is 23.7. The highest BCUT2D eigenvalue weighted by Crippen LogP contribution is 2.11. The van der Waals surface area contributed by atoms with Gasteiger partial charge in [-0.2, -0.15) is 0 Å². The van der Waals surface area contributed by atoms with Crippen molar-refractivity contribution in [2.75, 3.05) is 91.8 Å². The first-order valence-corrected chi connectivity index (χ1v) is 16.9. The molecule has 0 aliphatic carbocycles. The molecule has 19 heteroatoms. The number of rotatable bonds is 23. The summed E-state index contributed by atoms with van der Waals surface area (Å²) in [5.74, 6) is -6.52. The molecule has 7 N–H and O–H groups in total. The van der Waals surface area contributed by atoms with Gasteiger partial charge < -0.3 is 40.9 Å². The van der Waals surface area contributed by atoms with Crippen LogP contribution in [0.25, 0.3) is 0 Å². The third-order valence-corrected chi connectivity index (χ3v) is 8.02. The summed E-state index contributed by atoms with van der Waals surface area (Å²) in [6.07, 6.45) is 1.58. The van der Waals surface area contributed by atoms with E-state index in [0.29, 0.717) is 19.4 Å². The monoisotopic (exact) mass is 718 g/mol. The highest BCUT2D eigenvalue weighted by atomic mass is 16.5. The Kier molecular flexibility index (Phi) is 22.1. The maximum absolute atomic E-state index is 12.6. The number of unbranched alkanes of at least 4 members (excludes halogenated alkanes) is 1. The maximum atomic E-state index is 12.6. The van der Waals surface area contributed by atoms with Gasteiger partial charge in [0, 0.05) is 78.4 Å². The van der Waals surface area contributed by atoms with Gasteiger partial charge in [-0.3, -0.25) is 48.4 Å². The smallest absolute Gasteiger partial charge is 0.326 e. The normalized spacial score (nSPS) is 17.1. The second kappa shape index (κ2) is 25.1. The second-order valence-corrected chi connectivity index (χ2v) is 12.1. The van der Waals surface area contributed by atoms with Gasteiger partial charge >= 0.3 is 29.8 Å². The van der Waals surface area contributed by atoms with E-state index >= 15 is 0 Å². The summed E-state index contributed by atoms with van der Waals surface area (Å²) in [5.41, 5.74) is 0. The van der Waals surface area contributed by atoms with Crippen molar-refractivity contribution in [1.29, 1.82) is 0 Å². The van der Waals surface area contributed by atoms with Crippen molar-refractivity contribution in [3.8, 4) is 0 Å². The van der Waals surface area contributed by atoms with Crippen LogP contribution >= 0.6 is 0 Å². The van der Waals surface area contributed by atoms with Gasteiger partial charge in [0.1, 0.15) is 12.1 Å². The lowest BCUT2D eigenvalue weighted by atomic mass is 10.1. The summed E-state index contributed by atoms with van der Waals surface area (Å²) in [4.78, 5) is 89.4. The molecule has 19 nitrogen and oxygen atoms in total. The average Bonchev–Trinajstić information content (AvgIpc) is 3.02. The van der Waals surface area contributed by atoms with Gasteiger partial charge in [-0.05, 0) is 32.1 Å². The molecule has 0 saturated carbocycles. The van der Waals surface area contributed by atoms with Crippen LogP contribution in [0.1, 0.15) is 51.9 Å². The largest absolute Gasteiger partial charge is 0.480 e. The fourth-order valence-corrected chi connectivity index (χ4v) is 5.37. The predicted molar refractivity (Wildman–Crippen MR) is 177 cm³/mol. The van der Waals surface area contributed by atoms with Crippen LogP contribution in [0, 0.1) is 0 Å². The van der Waals surface area contributed by atoms with Crippen LogP contribution in [-0.4, -0.2) is 191 Å². The molecule has 1 aliphatic heterocycles. The number of hydrogen-bond donors (Lipinski definition) is 7. The summed E-state index contributed by atoms with van der Waals surface area (Å²) >= 11 is 0. The number of nitrogens with one attached hydrogen (secondary N) is 2. The second-order valence-electron chi connectivity index (χ2n) is 12.1. The molecule has 0 aromatic carbocycles. The lowest BCUT2D eigenvalue weighted by Crippen LogP contribution is -2.52. The van der Waals surface area contributed by atoms with E-state index in [4.69, 9.17) is 4.74 Å². The first kappa shape index (κ1) is 44.1. The summed E-state index contributed by atoms with van der Waals surface area (Å²) in [6, 6.07) is -2.22. The van der Waals surface area contributed by atoms with Crippen molar-refractivity contribution in [3.05, 3.63) is 0 Å². The molecular weight excluding hydrogens is 664 g/mol. The molecule has 2 amide bonds. The van der Waals surface area contributed by atoms with Gasteiger partial charge in [0.15, 0.2) is 0 Å². The van der Waals surface area contributed by atoms with Crippen LogP contribution in [-0.2, 0) is 38.3 Å². The molecule has 50 heavy (non-hydrogen) atoms. The van der Waals surface area contributed by atoms with Crippen LogP contribution in [0.2, 0.25) is 0 Å². The molecule has 0 spiro atoms. The highest BCUT2D eigenvalue weighted by molar-refractivity contribution is 5.83. The first-order valence-electron chi connectivity index (χ1n) is 16.9. The van der Waals surface area contributed by atoms with Crippen molar-refractivity contribution in [3.63, 3.8) is 0 Å². The van der Waals surface area contributed by atoms with Crippen LogP contribution < -0.4 is 10.6 Å². The SMILES string of the molecule is CCCOCCC(=O)N[C@H](CCCCNC(=O)CCC(C(=O)O)N1CCN(CC(=O)O)CCN(CC(=O)O)CCN(CC(=O)O)CC1)C(=O)O. The van der Waals surface area contributed by atoms with Crippen molar-refractivity contribution < 1.29 is 63.8 Å². The van der Waals surface area contributed by atoms with Gasteiger partial charge in [-0.25, -0.2) is 4.79 Å². The van der Waals surface area contributed by atoms with Gasteiger partial charge in [-0.1, -0.05) is 6.92 Å². The van der Waals surface area contributed by atoms with Crippen LogP contribution in [0.4, 0.5) is 0 Å². The van der Waals surface area contributed by atoms with Crippen molar-refractivity contribution in [2.24, 2.45) is 0 Å². The number of nitrogens with zero attached hydrogens (tertiary/aromatic N) is 4. The van der Waals surface area contributed by atoms with Crippen LogP contribution in [0.15, 0.2) is 0 Å². The number of carboxylic acids is 5. The molecule has 0 aromatic rings. The van der Waals surface area contributed by atoms with Gasteiger partial charge in [0.05, 0.1) is 26.2 Å². The fourth-order valence-electron chi connectivity index (χ4n) is 5.37. The van der Waals surface area contributed by atoms with E-state index in [-0.39, 0.29) is 111 Å². The van der Waals surface area contributed by atoms with E-state index in [1.165, 1.54) is 0 Å². The van der Waals surface area contributed by atoms with Crippen molar-refractivity contribution >= 4 is 41.7 Å². The van der Waals surface area contributed by atoms with E-state index in [0.717, 1.165) is 6.42 Å². The molecule has 286 valence electrons. The number of carbonyl (C=O) groups excluding carboxylic acids is 2. The number of ether oxygens (including phenoxy) is 1. The summed E-state index contributed by atoms with van der Waals surface area (Å²) < 4.78 is 5.25. The molecule has 1 rings (SSSR count). The van der Waals surface area contributed by atoms with E-state index < -0.39 is 53.7 Å². The van der Waals surface area contributed by atoms with E-state index in [2.05, 4.69) is 10.6 Å². The predicted octanol–water partition coefficient (Wildman–Crippen LogP) is -1.63. The Morgan fingerprint density at radius 2 is 1.12 bits per heavy atom. The molecule has 2 atom stereocenters. The minimum absolute atomic E-state index is 0.0448. The Hall–Kier alpha value is -3.91. The van der Waals surface area contributed by atoms with E-state index in [9.17, 15) is 59.1 Å². The Morgan fingerprint density at radius 1 is 0.620 bits per heavy atom. The summed E-state index contributed by atoms with van der Waals surface area (Å²) in [7, 11) is 0. The lowest BCUT2D eigenvalue weighted by molar-refractivity contribution is -0.145. The minimum Gasteiger partial charge on any atom is -0.480 e. The van der Waals surface area contributed by atoms with Crippen molar-refractivity contribution in [1.82, 2.24) is 30.2 Å². The molecular formula is C31H54N6O13. The van der Waals surface area contributed by atoms with Gasteiger partial charge in [0.25, 0.3) is 0 Å². The fraction of sp³-hybridized carbons (Fsp3) is 0.774. The molecule has 1 heterocycles. The molecule has 1 saturated heterocycles. The molecule has 1 aliphatic rings. The third kappa shape index (κ3) is 20.6. The Morgan fingerprint density at radius 3 is 1.56 bits per heavy atom. The van der Waals surface area contributed by atoms with Crippen LogP contribution in [0.5, 0.6) is 0 Å². The molecule has 0 aromatic heterocycles. The van der Waals surface area contributed by atoms with Gasteiger partial charge in [-0.15, -0.1) is 0 Å². The Labute approximate surface area is 291 Å². The number of carboxylic acid groups (broad SMARTS) is 5. The molecule has 1 unspecified atom stereocenters. The standard InChI is InChI=1S/C31H54N6O13/c1-2-18-50-19-8-26(39)33-23(30(46)47)5-3-4-9-32-25(38)7-6-24(31(48)49)37-16-14-35(21-28(42)43)12-10-34(20-27(40)41)11-13-36(15-17-37)22-29(44)45/h23-24H,2-22H2,1H3,(H,32,38)(H,33,39)(H,40,41)(H,42,43)(H,44,45)(H,46,47)(H,48,49)/t23-,24?/m1/s1. The quantitative estimate of drug-likeness (QED) is 0.0585. The third-order valence-electron chi connectivity index (χ3n) is 8.02. The zero-order chi connectivity index (χ0) is 37.5. The highest BCUT2D eigenvalue weighted by Gasteiger charge is 2.28. The van der Waals surface area contributed by atoms with Crippen molar-refractivity contribution in [2.45, 2.75) is 64.0 Å². The minimum atomic E-state index is -1.20. The zero-order valence-electron chi connectivity index (χ0n) is 28.8. The number of amides is 2. The van der Waals surface area contributed by atoms with Crippen LogP contribution in [0.3, 0.4) is 0 Å². The zero-order valence-corrected chi connectivity index (χ0v) is 28.8. The molecule has 0 radical (unpaired) electrons. The molecule has 0 bridgehead atoms. The van der Waals surface area contributed by atoms with E-state index in [1.807, 2.05) is 6.92 Å². The Bertz CT molecular complexity index is 1080. The van der Waals surface area contributed by atoms with Gasteiger partial charge in [0.2, 0.25) is 11.8 Å². The molecule has 1 fully saturated rings. The number of hydrogen-bond acceptors (Lipinski definition) is 12. The maximum Gasteiger partial charge on any atom is 0.326 e.